The van der Waals surface area contributed by atoms with Crippen LogP contribution in [0.15, 0.2) is 47.5 Å². The summed E-state index contributed by atoms with van der Waals surface area (Å²) in [5, 5.41) is 11.8. The minimum atomic E-state index is -0.959. The van der Waals surface area contributed by atoms with Crippen molar-refractivity contribution in [3.8, 4) is 5.75 Å². The fourth-order valence-electron chi connectivity index (χ4n) is 3.60. The van der Waals surface area contributed by atoms with Crippen LogP contribution >= 0.6 is 11.3 Å². The molecule has 8 nitrogen and oxygen atoms in total. The quantitative estimate of drug-likeness (QED) is 0.205. The number of carbonyl (C=O) groups is 2. The van der Waals surface area contributed by atoms with Crippen LogP contribution in [0.4, 0.5) is 0 Å². The molecule has 2 heterocycles. The molecule has 0 saturated carbocycles. The van der Waals surface area contributed by atoms with E-state index in [1.165, 1.54) is 25.6 Å². The summed E-state index contributed by atoms with van der Waals surface area (Å²) in [5.74, 6) is -0.237. The van der Waals surface area contributed by atoms with Crippen molar-refractivity contribution in [3.63, 3.8) is 0 Å². The molecule has 9 heteroatoms. The standard InChI is InChI=1S/C26H30N2O6S/c1-4-5-8-24-27-15-20(13-19(25(29)30)14-21-7-6-11-35-21)28(24)16-18-9-10-22(26(31)33-3)23(12-18)34-17-32-2/h6-7,9-13,15H,4-5,8,14,16-17H2,1-3H3,(H,29,30). The number of hydrogen-bond donors (Lipinski definition) is 1. The van der Waals surface area contributed by atoms with Crippen molar-refractivity contribution < 1.29 is 28.9 Å². The van der Waals surface area contributed by atoms with E-state index in [-0.39, 0.29) is 6.79 Å². The van der Waals surface area contributed by atoms with Gasteiger partial charge in [-0.05, 0) is 41.6 Å². The number of thiophene rings is 1. The second-order valence-electron chi connectivity index (χ2n) is 7.89. The lowest BCUT2D eigenvalue weighted by Gasteiger charge is -2.14. The molecule has 35 heavy (non-hydrogen) atoms. The Morgan fingerprint density at radius 1 is 1.23 bits per heavy atom. The maximum absolute atomic E-state index is 12.1. The maximum atomic E-state index is 12.1. The van der Waals surface area contributed by atoms with E-state index >= 15 is 0 Å². The van der Waals surface area contributed by atoms with Crippen LogP contribution in [0.2, 0.25) is 0 Å². The van der Waals surface area contributed by atoms with Crippen LogP contribution in [0.1, 0.15) is 52.1 Å². The average Bonchev–Trinajstić information content (AvgIpc) is 3.50. The summed E-state index contributed by atoms with van der Waals surface area (Å²) in [6.07, 6.45) is 6.49. The molecule has 0 aliphatic carbocycles. The van der Waals surface area contributed by atoms with Gasteiger partial charge in [-0.1, -0.05) is 25.5 Å². The second-order valence-corrected chi connectivity index (χ2v) is 8.93. The molecule has 0 atom stereocenters. The third kappa shape index (κ3) is 7.03. The van der Waals surface area contributed by atoms with Gasteiger partial charge in [-0.3, -0.25) is 0 Å². The van der Waals surface area contributed by atoms with Gasteiger partial charge in [0.25, 0.3) is 0 Å². The van der Waals surface area contributed by atoms with Gasteiger partial charge in [0, 0.05) is 36.9 Å². The van der Waals surface area contributed by atoms with Crippen molar-refractivity contribution in [2.45, 2.75) is 39.2 Å². The number of aryl methyl sites for hydroxylation is 1. The largest absolute Gasteiger partial charge is 0.478 e. The summed E-state index contributed by atoms with van der Waals surface area (Å²) in [6.45, 7) is 2.53. The molecular formula is C26H30N2O6S. The van der Waals surface area contributed by atoms with Crippen LogP contribution in [0, 0.1) is 0 Å². The van der Waals surface area contributed by atoms with Crippen LogP contribution < -0.4 is 4.74 Å². The Morgan fingerprint density at radius 3 is 2.71 bits per heavy atom. The second kappa shape index (κ2) is 12.9. The van der Waals surface area contributed by atoms with E-state index in [1.54, 1.807) is 24.4 Å². The zero-order valence-corrected chi connectivity index (χ0v) is 21.0. The number of benzene rings is 1. The van der Waals surface area contributed by atoms with E-state index in [4.69, 9.17) is 14.2 Å². The number of carbonyl (C=O) groups excluding carboxylic acids is 1. The number of rotatable bonds is 13. The molecular weight excluding hydrogens is 468 g/mol. The molecule has 0 aliphatic heterocycles. The van der Waals surface area contributed by atoms with Gasteiger partial charge in [0.05, 0.1) is 19.0 Å². The molecule has 3 aromatic rings. The number of imidazole rings is 1. The predicted octanol–water partition coefficient (Wildman–Crippen LogP) is 4.82. The lowest BCUT2D eigenvalue weighted by Crippen LogP contribution is -2.11. The molecule has 0 aliphatic rings. The topological polar surface area (TPSA) is 99.9 Å². The van der Waals surface area contributed by atoms with Crippen molar-refractivity contribution in [1.82, 2.24) is 9.55 Å². The van der Waals surface area contributed by atoms with E-state index < -0.39 is 11.9 Å². The number of aliphatic carboxylic acids is 1. The van der Waals surface area contributed by atoms with Crippen LogP contribution in [-0.2, 0) is 33.7 Å². The summed E-state index contributed by atoms with van der Waals surface area (Å²) in [4.78, 5) is 29.7. The predicted molar refractivity (Wildman–Crippen MR) is 134 cm³/mol. The smallest absolute Gasteiger partial charge is 0.341 e. The van der Waals surface area contributed by atoms with E-state index in [0.717, 1.165) is 35.5 Å². The molecule has 2 aromatic heterocycles. The third-order valence-corrected chi connectivity index (χ3v) is 6.27. The van der Waals surface area contributed by atoms with Gasteiger partial charge in [-0.25, -0.2) is 14.6 Å². The summed E-state index contributed by atoms with van der Waals surface area (Å²) in [6, 6.07) is 9.09. The van der Waals surface area contributed by atoms with Crippen LogP contribution in [0.3, 0.4) is 0 Å². The molecule has 0 spiro atoms. The number of esters is 1. The Bertz CT molecular complexity index is 1170. The monoisotopic (exact) mass is 498 g/mol. The normalized spacial score (nSPS) is 11.5. The van der Waals surface area contributed by atoms with Gasteiger partial charge in [-0.15, -0.1) is 11.3 Å². The van der Waals surface area contributed by atoms with Crippen molar-refractivity contribution in [2.24, 2.45) is 0 Å². The number of aromatic nitrogens is 2. The van der Waals surface area contributed by atoms with E-state index in [9.17, 15) is 14.7 Å². The lowest BCUT2D eigenvalue weighted by molar-refractivity contribution is -0.132. The summed E-state index contributed by atoms with van der Waals surface area (Å²) < 4.78 is 17.5. The highest BCUT2D eigenvalue weighted by Gasteiger charge is 2.17. The van der Waals surface area contributed by atoms with Gasteiger partial charge in [-0.2, -0.15) is 0 Å². The van der Waals surface area contributed by atoms with Crippen LogP contribution in [0.25, 0.3) is 6.08 Å². The first-order valence-corrected chi connectivity index (χ1v) is 12.2. The lowest BCUT2D eigenvalue weighted by atomic mass is 10.1. The van der Waals surface area contributed by atoms with Gasteiger partial charge in [0.2, 0.25) is 0 Å². The number of carboxylic acids is 1. The van der Waals surface area contributed by atoms with Gasteiger partial charge >= 0.3 is 11.9 Å². The Balaban J connectivity index is 1.99. The highest BCUT2D eigenvalue weighted by Crippen LogP contribution is 2.24. The SMILES string of the molecule is CCCCc1ncc(C=C(Cc2cccs2)C(=O)O)n1Cc1ccc(C(=O)OC)c(OCOC)c1. The van der Waals surface area contributed by atoms with Crippen LogP contribution in [0.5, 0.6) is 5.75 Å². The first-order chi connectivity index (χ1) is 17.0. The van der Waals surface area contributed by atoms with Crippen molar-refractivity contribution in [3.05, 3.63) is 75.0 Å². The Kier molecular flexibility index (Phi) is 9.63. The minimum absolute atomic E-state index is 0.0149. The molecule has 0 radical (unpaired) electrons. The first-order valence-electron chi connectivity index (χ1n) is 11.3. The number of methoxy groups -OCH3 is 2. The maximum Gasteiger partial charge on any atom is 0.341 e. The number of unbranched alkanes of at least 4 members (excludes halogenated alkanes) is 1. The summed E-state index contributed by atoms with van der Waals surface area (Å²) in [7, 11) is 2.82. The first kappa shape index (κ1) is 26.2. The molecule has 1 aromatic carbocycles. The Labute approximate surface area is 208 Å². The van der Waals surface area contributed by atoms with Crippen molar-refractivity contribution >= 4 is 29.4 Å². The fraction of sp³-hybridized carbons (Fsp3) is 0.346. The number of hydrogen-bond acceptors (Lipinski definition) is 7. The van der Waals surface area contributed by atoms with Crippen molar-refractivity contribution in [2.75, 3.05) is 21.0 Å². The molecule has 0 bridgehead atoms. The highest BCUT2D eigenvalue weighted by molar-refractivity contribution is 7.09. The van der Waals surface area contributed by atoms with Gasteiger partial charge in [0.1, 0.15) is 17.1 Å². The molecule has 0 amide bonds. The van der Waals surface area contributed by atoms with Gasteiger partial charge in [0.15, 0.2) is 6.79 Å². The molecule has 0 saturated heterocycles. The average molecular weight is 499 g/mol. The molecule has 186 valence electrons. The van der Waals surface area contributed by atoms with E-state index in [2.05, 4.69) is 11.9 Å². The number of ether oxygens (including phenoxy) is 3. The Morgan fingerprint density at radius 2 is 2.06 bits per heavy atom. The minimum Gasteiger partial charge on any atom is -0.478 e. The van der Waals surface area contributed by atoms with E-state index in [1.807, 2.05) is 28.1 Å². The zero-order chi connectivity index (χ0) is 25.2. The number of carboxylic acid groups (broad SMARTS) is 1. The summed E-state index contributed by atoms with van der Waals surface area (Å²) in [5.41, 5.74) is 2.17. The molecule has 1 N–H and O–H groups in total. The van der Waals surface area contributed by atoms with Crippen LogP contribution in [-0.4, -0.2) is 47.6 Å². The summed E-state index contributed by atoms with van der Waals surface area (Å²) >= 11 is 1.53. The molecule has 0 fully saturated rings. The van der Waals surface area contributed by atoms with E-state index in [0.29, 0.717) is 35.5 Å². The number of nitrogens with zero attached hydrogens (tertiary/aromatic N) is 2. The molecule has 0 unspecified atom stereocenters. The Hall–Kier alpha value is -3.43. The third-order valence-electron chi connectivity index (χ3n) is 5.39. The van der Waals surface area contributed by atoms with Gasteiger partial charge < -0.3 is 23.9 Å². The fourth-order valence-corrected chi connectivity index (χ4v) is 4.32. The zero-order valence-electron chi connectivity index (χ0n) is 20.2. The highest BCUT2D eigenvalue weighted by atomic mass is 32.1. The molecule has 3 rings (SSSR count). The van der Waals surface area contributed by atoms with Crippen molar-refractivity contribution in [1.29, 1.82) is 0 Å².